The van der Waals surface area contributed by atoms with Crippen molar-refractivity contribution < 1.29 is 0 Å². The van der Waals surface area contributed by atoms with Crippen molar-refractivity contribution in [3.63, 3.8) is 0 Å². The summed E-state index contributed by atoms with van der Waals surface area (Å²) < 4.78 is 0. The zero-order chi connectivity index (χ0) is 10.6. The molecule has 1 aromatic carbocycles. The van der Waals surface area contributed by atoms with Crippen molar-refractivity contribution in [1.29, 1.82) is 0 Å². The zero-order valence-electron chi connectivity index (χ0n) is 9.13. The van der Waals surface area contributed by atoms with Crippen molar-refractivity contribution in [3.05, 3.63) is 29.8 Å². The molecular weight excluding hydrogens is 238 g/mol. The molecule has 0 fully saturated rings. The highest BCUT2D eigenvalue weighted by Crippen LogP contribution is 2.22. The van der Waals surface area contributed by atoms with E-state index >= 15 is 0 Å². The molecule has 14 heavy (non-hydrogen) atoms. The first-order valence-electron chi connectivity index (χ1n) is 5.00. The zero-order valence-corrected chi connectivity index (χ0v) is 10.7. The largest absolute Gasteiger partial charge is 0.374 e. The Morgan fingerprint density at radius 2 is 1.93 bits per heavy atom. The minimum atomic E-state index is 0.698. The average molecular weight is 256 g/mol. The van der Waals surface area contributed by atoms with E-state index in [4.69, 9.17) is 0 Å². The molecule has 0 radical (unpaired) electrons. The predicted molar refractivity (Wildman–Crippen MR) is 67.2 cm³/mol. The fourth-order valence-electron chi connectivity index (χ4n) is 1.64. The summed E-state index contributed by atoms with van der Waals surface area (Å²) in [6.45, 7) is 5.59. The Bertz CT molecular complexity index is 283. The molecule has 2 heteroatoms. The molecule has 1 nitrogen and oxygen atoms in total. The van der Waals surface area contributed by atoms with Gasteiger partial charge in [0.2, 0.25) is 0 Å². The Morgan fingerprint density at radius 1 is 1.29 bits per heavy atom. The fourth-order valence-corrected chi connectivity index (χ4v) is 2.12. The maximum absolute atomic E-state index is 3.52. The van der Waals surface area contributed by atoms with E-state index in [2.05, 4.69) is 66.0 Å². The summed E-state index contributed by atoms with van der Waals surface area (Å²) in [6.07, 6.45) is 0. The molecule has 0 spiro atoms. The molecule has 1 aromatic rings. The highest BCUT2D eigenvalue weighted by atomic mass is 79.9. The molecule has 0 amide bonds. The Labute approximate surface area is 95.2 Å². The van der Waals surface area contributed by atoms with Crippen molar-refractivity contribution in [3.8, 4) is 0 Å². The molecule has 0 unspecified atom stereocenters. The average Bonchev–Trinajstić information content (AvgIpc) is 2.16. The van der Waals surface area contributed by atoms with Crippen LogP contribution in [0.1, 0.15) is 19.4 Å². The lowest BCUT2D eigenvalue weighted by Gasteiger charge is -2.23. The molecule has 0 atom stereocenters. The lowest BCUT2D eigenvalue weighted by Crippen LogP contribution is -2.23. The van der Waals surface area contributed by atoms with Gasteiger partial charge in [0.1, 0.15) is 0 Å². The minimum absolute atomic E-state index is 0.698. The first kappa shape index (κ1) is 11.6. The summed E-state index contributed by atoms with van der Waals surface area (Å²) in [4.78, 5) is 2.32. The van der Waals surface area contributed by atoms with Crippen LogP contribution in [-0.2, 0) is 5.33 Å². The molecule has 0 N–H and O–H groups in total. The van der Waals surface area contributed by atoms with Gasteiger partial charge in [0.05, 0.1) is 0 Å². The van der Waals surface area contributed by atoms with Gasteiger partial charge < -0.3 is 4.90 Å². The molecule has 0 aromatic heterocycles. The van der Waals surface area contributed by atoms with Gasteiger partial charge in [-0.05, 0) is 17.5 Å². The molecule has 1 rings (SSSR count). The lowest BCUT2D eigenvalue weighted by molar-refractivity contribution is 0.637. The monoisotopic (exact) mass is 255 g/mol. The van der Waals surface area contributed by atoms with Crippen LogP contribution >= 0.6 is 15.9 Å². The van der Waals surface area contributed by atoms with Crippen molar-refractivity contribution >= 4 is 21.6 Å². The highest BCUT2D eigenvalue weighted by molar-refractivity contribution is 9.08. The number of halogens is 1. The van der Waals surface area contributed by atoms with E-state index in [-0.39, 0.29) is 0 Å². The predicted octanol–water partition coefficient (Wildman–Crippen LogP) is 3.67. The van der Waals surface area contributed by atoms with Crippen LogP contribution < -0.4 is 4.90 Å². The summed E-state index contributed by atoms with van der Waals surface area (Å²) in [6, 6.07) is 8.53. The van der Waals surface area contributed by atoms with Crippen molar-refractivity contribution in [2.24, 2.45) is 5.92 Å². The maximum Gasteiger partial charge on any atom is 0.0404 e. The SMILES string of the molecule is CC(C)CN(C)c1ccccc1CBr. The van der Waals surface area contributed by atoms with Gasteiger partial charge in [-0.2, -0.15) is 0 Å². The number of alkyl halides is 1. The Balaban J connectivity index is 2.82. The molecular formula is C12H18BrN. The number of hydrogen-bond donors (Lipinski definition) is 0. The van der Waals surface area contributed by atoms with Gasteiger partial charge in [0.15, 0.2) is 0 Å². The topological polar surface area (TPSA) is 3.24 Å². The third-order valence-electron chi connectivity index (χ3n) is 2.19. The Hall–Kier alpha value is -0.500. The molecule has 0 bridgehead atoms. The third kappa shape index (κ3) is 3.02. The fraction of sp³-hybridized carbons (Fsp3) is 0.500. The molecule has 78 valence electrons. The van der Waals surface area contributed by atoms with Crippen LogP contribution in [0.4, 0.5) is 5.69 Å². The summed E-state index contributed by atoms with van der Waals surface area (Å²) in [5.41, 5.74) is 2.69. The molecule has 0 aliphatic rings. The first-order valence-corrected chi connectivity index (χ1v) is 6.12. The molecule has 0 saturated heterocycles. The Morgan fingerprint density at radius 3 is 2.50 bits per heavy atom. The normalized spacial score (nSPS) is 10.6. The number of para-hydroxylation sites is 1. The summed E-state index contributed by atoms with van der Waals surface area (Å²) in [5, 5.41) is 0.922. The van der Waals surface area contributed by atoms with E-state index in [1.807, 2.05) is 0 Å². The standard InChI is InChI=1S/C12H18BrN/c1-10(2)9-14(3)12-7-5-4-6-11(12)8-13/h4-7,10H,8-9H2,1-3H3. The summed E-state index contributed by atoms with van der Waals surface area (Å²) >= 11 is 3.52. The second kappa shape index (κ2) is 5.40. The van der Waals surface area contributed by atoms with Crippen molar-refractivity contribution in [2.75, 3.05) is 18.5 Å². The van der Waals surface area contributed by atoms with Gasteiger partial charge in [0, 0.05) is 24.6 Å². The maximum atomic E-state index is 3.52. The second-order valence-corrected chi connectivity index (χ2v) is 4.60. The van der Waals surface area contributed by atoms with Crippen LogP contribution in [0.3, 0.4) is 0 Å². The van der Waals surface area contributed by atoms with Gasteiger partial charge >= 0.3 is 0 Å². The van der Waals surface area contributed by atoms with Crippen LogP contribution in [0, 0.1) is 5.92 Å². The molecule has 0 aliphatic heterocycles. The van der Waals surface area contributed by atoms with Crippen molar-refractivity contribution in [2.45, 2.75) is 19.2 Å². The third-order valence-corrected chi connectivity index (χ3v) is 2.79. The van der Waals surface area contributed by atoms with Crippen LogP contribution in [-0.4, -0.2) is 13.6 Å². The second-order valence-electron chi connectivity index (χ2n) is 4.04. The van der Waals surface area contributed by atoms with Crippen LogP contribution in [0.5, 0.6) is 0 Å². The number of benzene rings is 1. The van der Waals surface area contributed by atoms with Gasteiger partial charge in [0.25, 0.3) is 0 Å². The smallest absolute Gasteiger partial charge is 0.0404 e. The van der Waals surface area contributed by atoms with E-state index in [1.165, 1.54) is 11.3 Å². The van der Waals surface area contributed by atoms with E-state index in [9.17, 15) is 0 Å². The molecule has 0 saturated carbocycles. The van der Waals surface area contributed by atoms with Gasteiger partial charge in [-0.25, -0.2) is 0 Å². The van der Waals surface area contributed by atoms with Crippen LogP contribution in [0.15, 0.2) is 24.3 Å². The highest BCUT2D eigenvalue weighted by Gasteiger charge is 2.06. The first-order chi connectivity index (χ1) is 6.65. The van der Waals surface area contributed by atoms with E-state index in [1.54, 1.807) is 0 Å². The number of nitrogens with zero attached hydrogens (tertiary/aromatic N) is 1. The quantitative estimate of drug-likeness (QED) is 0.743. The van der Waals surface area contributed by atoms with Gasteiger partial charge in [-0.15, -0.1) is 0 Å². The van der Waals surface area contributed by atoms with Gasteiger partial charge in [-0.1, -0.05) is 48.0 Å². The van der Waals surface area contributed by atoms with E-state index in [0.717, 1.165) is 11.9 Å². The molecule has 0 heterocycles. The summed E-state index contributed by atoms with van der Waals surface area (Å²) in [5.74, 6) is 0.698. The Kier molecular flexibility index (Phi) is 4.46. The van der Waals surface area contributed by atoms with Crippen LogP contribution in [0.25, 0.3) is 0 Å². The minimum Gasteiger partial charge on any atom is -0.374 e. The van der Waals surface area contributed by atoms with E-state index < -0.39 is 0 Å². The number of hydrogen-bond acceptors (Lipinski definition) is 1. The summed E-state index contributed by atoms with van der Waals surface area (Å²) in [7, 11) is 2.15. The number of anilines is 1. The van der Waals surface area contributed by atoms with Crippen LogP contribution in [0.2, 0.25) is 0 Å². The van der Waals surface area contributed by atoms with Gasteiger partial charge in [-0.3, -0.25) is 0 Å². The van der Waals surface area contributed by atoms with Crippen molar-refractivity contribution in [1.82, 2.24) is 0 Å². The van der Waals surface area contributed by atoms with E-state index in [0.29, 0.717) is 5.92 Å². The lowest BCUT2D eigenvalue weighted by atomic mass is 10.1. The molecule has 0 aliphatic carbocycles. The number of rotatable bonds is 4.